The number of methoxy groups -OCH3 is 1. The highest BCUT2D eigenvalue weighted by Crippen LogP contribution is 2.20. The Morgan fingerprint density at radius 2 is 1.81 bits per heavy atom. The molecule has 3 rings (SSSR count). The number of aromatic amines is 1. The fraction of sp³-hybridized carbons (Fsp3) is 0.143. The van der Waals surface area contributed by atoms with E-state index in [1.165, 1.54) is 6.07 Å². The van der Waals surface area contributed by atoms with Crippen LogP contribution in [0.2, 0.25) is 0 Å². The molecule has 2 aromatic carbocycles. The first-order valence-corrected chi connectivity index (χ1v) is 8.31. The second kappa shape index (κ2) is 7.80. The van der Waals surface area contributed by atoms with Gasteiger partial charge in [0.2, 0.25) is 0 Å². The first-order valence-electron chi connectivity index (χ1n) is 8.31. The summed E-state index contributed by atoms with van der Waals surface area (Å²) < 4.78 is 5.29. The Morgan fingerprint density at radius 3 is 2.50 bits per heavy atom. The van der Waals surface area contributed by atoms with Crippen LogP contribution in [-0.2, 0) is 4.74 Å². The molecule has 3 aromatic rings. The molecule has 5 nitrogen and oxygen atoms in total. The van der Waals surface area contributed by atoms with E-state index in [0.29, 0.717) is 11.4 Å². The van der Waals surface area contributed by atoms with Crippen LogP contribution < -0.4 is 10.9 Å². The summed E-state index contributed by atoms with van der Waals surface area (Å²) in [6, 6.07) is 20.1. The largest absolute Gasteiger partial charge is 0.377 e. The van der Waals surface area contributed by atoms with Crippen molar-refractivity contribution in [2.75, 3.05) is 12.4 Å². The van der Waals surface area contributed by atoms with Crippen molar-refractivity contribution in [2.24, 2.45) is 0 Å². The van der Waals surface area contributed by atoms with Gasteiger partial charge < -0.3 is 15.0 Å². The molecular weight excluding hydrogens is 328 g/mol. The summed E-state index contributed by atoms with van der Waals surface area (Å²) in [7, 11) is 1.63. The topological polar surface area (TPSA) is 71.2 Å². The van der Waals surface area contributed by atoms with E-state index in [2.05, 4.69) is 10.3 Å². The first kappa shape index (κ1) is 17.6. The molecule has 26 heavy (non-hydrogen) atoms. The van der Waals surface area contributed by atoms with Crippen LogP contribution in [0.4, 0.5) is 5.69 Å². The monoisotopic (exact) mass is 348 g/mol. The zero-order chi connectivity index (χ0) is 18.5. The van der Waals surface area contributed by atoms with Gasteiger partial charge in [-0.2, -0.15) is 0 Å². The van der Waals surface area contributed by atoms with Gasteiger partial charge in [-0.05, 0) is 42.3 Å². The Bertz CT molecular complexity index is 964. The third-order valence-electron chi connectivity index (χ3n) is 4.21. The van der Waals surface area contributed by atoms with Gasteiger partial charge in [-0.25, -0.2) is 0 Å². The number of pyridine rings is 1. The smallest absolute Gasteiger partial charge is 0.261 e. The van der Waals surface area contributed by atoms with Crippen molar-refractivity contribution in [3.05, 3.63) is 88.2 Å². The first-order chi connectivity index (χ1) is 12.6. The third kappa shape index (κ3) is 3.90. The summed E-state index contributed by atoms with van der Waals surface area (Å²) in [5.41, 5.74) is 2.75. The summed E-state index contributed by atoms with van der Waals surface area (Å²) in [6.07, 6.45) is -0.0830. The average Bonchev–Trinajstić information content (AvgIpc) is 2.68. The zero-order valence-corrected chi connectivity index (χ0v) is 14.7. The molecule has 0 spiro atoms. The van der Waals surface area contributed by atoms with Gasteiger partial charge in [-0.1, -0.05) is 42.5 Å². The summed E-state index contributed by atoms with van der Waals surface area (Å²) in [5, 5.41) is 2.76. The minimum Gasteiger partial charge on any atom is -0.377 e. The Labute approximate surface area is 151 Å². The van der Waals surface area contributed by atoms with Gasteiger partial charge in [0.25, 0.3) is 11.5 Å². The number of H-pyrrole nitrogens is 1. The predicted octanol–water partition coefficient (Wildman–Crippen LogP) is 4.00. The molecule has 0 aliphatic heterocycles. The molecule has 1 aromatic heterocycles. The van der Waals surface area contributed by atoms with Crippen LogP contribution in [0.25, 0.3) is 11.3 Å². The highest BCUT2D eigenvalue weighted by atomic mass is 16.5. The molecule has 0 saturated heterocycles. The van der Waals surface area contributed by atoms with Crippen molar-refractivity contribution in [1.29, 1.82) is 0 Å². The summed E-state index contributed by atoms with van der Waals surface area (Å²) >= 11 is 0. The molecule has 5 heteroatoms. The Hall–Kier alpha value is -3.18. The third-order valence-corrected chi connectivity index (χ3v) is 4.21. The number of rotatable bonds is 5. The number of carbonyl (C=O) groups excluding carboxylic acids is 1. The Balaban J connectivity index is 1.82. The number of ether oxygens (including phenoxy) is 1. The number of amides is 1. The quantitative estimate of drug-likeness (QED) is 0.732. The molecule has 2 N–H and O–H groups in total. The van der Waals surface area contributed by atoms with Gasteiger partial charge in [0.15, 0.2) is 0 Å². The van der Waals surface area contributed by atoms with E-state index >= 15 is 0 Å². The van der Waals surface area contributed by atoms with Gasteiger partial charge in [-0.15, -0.1) is 0 Å². The number of aromatic nitrogens is 1. The van der Waals surface area contributed by atoms with Crippen molar-refractivity contribution in [1.82, 2.24) is 4.98 Å². The number of hydrogen-bond acceptors (Lipinski definition) is 3. The van der Waals surface area contributed by atoms with Crippen LogP contribution in [-0.4, -0.2) is 18.0 Å². The molecule has 0 fully saturated rings. The predicted molar refractivity (Wildman–Crippen MR) is 102 cm³/mol. The lowest BCUT2D eigenvalue weighted by molar-refractivity contribution is 0.102. The normalized spacial score (nSPS) is 11.8. The van der Waals surface area contributed by atoms with Crippen molar-refractivity contribution >= 4 is 11.6 Å². The summed E-state index contributed by atoms with van der Waals surface area (Å²) in [6.45, 7) is 1.92. The van der Waals surface area contributed by atoms with Crippen molar-refractivity contribution < 1.29 is 9.53 Å². The molecule has 1 atom stereocenters. The second-order valence-electron chi connectivity index (χ2n) is 5.94. The second-order valence-corrected chi connectivity index (χ2v) is 5.94. The molecule has 0 unspecified atom stereocenters. The van der Waals surface area contributed by atoms with Crippen LogP contribution in [0.15, 0.2) is 71.5 Å². The van der Waals surface area contributed by atoms with Crippen LogP contribution in [0, 0.1) is 0 Å². The number of nitrogens with one attached hydrogen (secondary N) is 2. The molecule has 0 radical (unpaired) electrons. The van der Waals surface area contributed by atoms with Crippen molar-refractivity contribution in [2.45, 2.75) is 13.0 Å². The fourth-order valence-corrected chi connectivity index (χ4v) is 2.64. The lowest BCUT2D eigenvalue weighted by Crippen LogP contribution is -2.23. The number of anilines is 1. The van der Waals surface area contributed by atoms with Gasteiger partial charge in [0.1, 0.15) is 5.56 Å². The zero-order valence-electron chi connectivity index (χ0n) is 14.7. The van der Waals surface area contributed by atoms with Crippen LogP contribution >= 0.6 is 0 Å². The van der Waals surface area contributed by atoms with E-state index < -0.39 is 11.5 Å². The van der Waals surface area contributed by atoms with Gasteiger partial charge in [-0.3, -0.25) is 9.59 Å². The maximum absolute atomic E-state index is 12.5. The molecule has 132 valence electrons. The van der Waals surface area contributed by atoms with Crippen LogP contribution in [0.1, 0.15) is 28.9 Å². The summed E-state index contributed by atoms with van der Waals surface area (Å²) in [4.78, 5) is 27.6. The molecular formula is C21H20N2O3. The molecule has 0 bridgehead atoms. The fourth-order valence-electron chi connectivity index (χ4n) is 2.64. The standard InChI is InChI=1S/C21H20N2O3/c1-14(26-2)16-9-6-10-17(13-16)22-20(24)18-11-12-19(23-21(18)25)15-7-4-3-5-8-15/h3-14H,1-2H3,(H,22,24)(H,23,25)/t14-/m1/s1. The number of carbonyl (C=O) groups is 1. The molecule has 0 aliphatic carbocycles. The summed E-state index contributed by atoms with van der Waals surface area (Å²) in [5.74, 6) is -0.451. The number of benzene rings is 2. The SMILES string of the molecule is CO[C@H](C)c1cccc(NC(=O)c2ccc(-c3ccccc3)[nH]c2=O)c1. The van der Waals surface area contributed by atoms with Crippen LogP contribution in [0.5, 0.6) is 0 Å². The highest BCUT2D eigenvalue weighted by Gasteiger charge is 2.13. The van der Waals surface area contributed by atoms with Gasteiger partial charge in [0.05, 0.1) is 6.10 Å². The van der Waals surface area contributed by atoms with E-state index in [-0.39, 0.29) is 11.7 Å². The number of hydrogen-bond donors (Lipinski definition) is 2. The maximum Gasteiger partial charge on any atom is 0.261 e. The lowest BCUT2D eigenvalue weighted by Gasteiger charge is -2.12. The van der Waals surface area contributed by atoms with Crippen LogP contribution in [0.3, 0.4) is 0 Å². The average molecular weight is 348 g/mol. The Morgan fingerprint density at radius 1 is 1.04 bits per heavy atom. The van der Waals surface area contributed by atoms with E-state index in [9.17, 15) is 9.59 Å². The minimum atomic E-state index is -0.451. The van der Waals surface area contributed by atoms with E-state index in [1.807, 2.05) is 55.5 Å². The minimum absolute atomic E-state index is 0.0647. The molecule has 0 aliphatic rings. The van der Waals surface area contributed by atoms with E-state index in [1.54, 1.807) is 19.2 Å². The van der Waals surface area contributed by atoms with E-state index in [4.69, 9.17) is 4.74 Å². The van der Waals surface area contributed by atoms with Gasteiger partial charge >= 0.3 is 0 Å². The molecule has 1 heterocycles. The van der Waals surface area contributed by atoms with E-state index in [0.717, 1.165) is 11.1 Å². The maximum atomic E-state index is 12.5. The van der Waals surface area contributed by atoms with Crippen molar-refractivity contribution in [3.8, 4) is 11.3 Å². The van der Waals surface area contributed by atoms with Crippen molar-refractivity contribution in [3.63, 3.8) is 0 Å². The lowest BCUT2D eigenvalue weighted by atomic mass is 10.1. The molecule has 1 amide bonds. The molecule has 0 saturated carbocycles. The van der Waals surface area contributed by atoms with Gasteiger partial charge in [0, 0.05) is 18.5 Å². The Kier molecular flexibility index (Phi) is 5.29. The highest BCUT2D eigenvalue weighted by molar-refractivity contribution is 6.04.